The second-order valence-corrected chi connectivity index (χ2v) is 5.00. The SMILES string of the molecule is Cn1cc(COc2ccccc2F)c2c(CN)cccc21. The van der Waals surface area contributed by atoms with Crippen molar-refractivity contribution in [2.75, 3.05) is 0 Å². The minimum atomic E-state index is -0.350. The van der Waals surface area contributed by atoms with Crippen LogP contribution in [0.4, 0.5) is 4.39 Å². The molecule has 4 heteroatoms. The third-order valence-corrected chi connectivity index (χ3v) is 3.62. The Labute approximate surface area is 122 Å². The topological polar surface area (TPSA) is 40.2 Å². The van der Waals surface area contributed by atoms with E-state index in [1.165, 1.54) is 6.07 Å². The average Bonchev–Trinajstić information content (AvgIpc) is 2.83. The summed E-state index contributed by atoms with van der Waals surface area (Å²) < 4.78 is 21.3. The minimum Gasteiger partial charge on any atom is -0.486 e. The molecule has 0 spiro atoms. The smallest absolute Gasteiger partial charge is 0.165 e. The van der Waals surface area contributed by atoms with Crippen molar-refractivity contribution in [3.8, 4) is 5.75 Å². The maximum Gasteiger partial charge on any atom is 0.165 e. The van der Waals surface area contributed by atoms with E-state index in [4.69, 9.17) is 10.5 Å². The van der Waals surface area contributed by atoms with Gasteiger partial charge < -0.3 is 15.0 Å². The summed E-state index contributed by atoms with van der Waals surface area (Å²) >= 11 is 0. The van der Waals surface area contributed by atoms with Crippen LogP contribution in [0.5, 0.6) is 5.75 Å². The number of fused-ring (bicyclic) bond motifs is 1. The number of para-hydroxylation sites is 1. The molecule has 0 aliphatic heterocycles. The molecule has 0 radical (unpaired) electrons. The van der Waals surface area contributed by atoms with Gasteiger partial charge in [-0.05, 0) is 23.8 Å². The van der Waals surface area contributed by atoms with Gasteiger partial charge >= 0.3 is 0 Å². The molecule has 1 aromatic heterocycles. The average molecular weight is 284 g/mol. The molecule has 0 saturated carbocycles. The van der Waals surface area contributed by atoms with Crippen molar-refractivity contribution >= 4 is 10.9 Å². The lowest BCUT2D eigenvalue weighted by Crippen LogP contribution is -2.00. The number of aryl methyl sites for hydroxylation is 1. The number of aromatic nitrogens is 1. The Morgan fingerprint density at radius 2 is 1.90 bits per heavy atom. The Bertz CT molecular complexity index is 780. The van der Waals surface area contributed by atoms with Crippen molar-refractivity contribution in [1.82, 2.24) is 4.57 Å². The highest BCUT2D eigenvalue weighted by atomic mass is 19.1. The monoisotopic (exact) mass is 284 g/mol. The van der Waals surface area contributed by atoms with Gasteiger partial charge in [0.15, 0.2) is 11.6 Å². The Morgan fingerprint density at radius 1 is 1.10 bits per heavy atom. The number of nitrogens with two attached hydrogens (primary N) is 1. The summed E-state index contributed by atoms with van der Waals surface area (Å²) in [6, 6.07) is 12.5. The lowest BCUT2D eigenvalue weighted by atomic mass is 10.1. The van der Waals surface area contributed by atoms with Gasteiger partial charge in [-0.3, -0.25) is 0 Å². The first-order chi connectivity index (χ1) is 10.2. The third kappa shape index (κ3) is 2.50. The summed E-state index contributed by atoms with van der Waals surface area (Å²) in [7, 11) is 1.98. The molecule has 0 unspecified atom stereocenters. The van der Waals surface area contributed by atoms with E-state index in [-0.39, 0.29) is 11.6 Å². The predicted molar refractivity (Wildman–Crippen MR) is 81.5 cm³/mol. The molecule has 2 N–H and O–H groups in total. The highest BCUT2D eigenvalue weighted by Gasteiger charge is 2.11. The molecule has 21 heavy (non-hydrogen) atoms. The Hall–Kier alpha value is -2.33. The minimum absolute atomic E-state index is 0.264. The fraction of sp³-hybridized carbons (Fsp3) is 0.176. The molecule has 0 fully saturated rings. The van der Waals surface area contributed by atoms with Gasteiger partial charge in [-0.2, -0.15) is 0 Å². The Balaban J connectivity index is 1.96. The molecule has 0 saturated heterocycles. The van der Waals surface area contributed by atoms with Crippen molar-refractivity contribution in [2.45, 2.75) is 13.2 Å². The van der Waals surface area contributed by atoms with Crippen LogP contribution >= 0.6 is 0 Å². The molecule has 0 bridgehead atoms. The lowest BCUT2D eigenvalue weighted by Gasteiger charge is -2.07. The van der Waals surface area contributed by atoms with Crippen molar-refractivity contribution in [2.24, 2.45) is 12.8 Å². The number of nitrogens with zero attached hydrogens (tertiary/aromatic N) is 1. The van der Waals surface area contributed by atoms with Crippen LogP contribution in [0.2, 0.25) is 0 Å². The maximum atomic E-state index is 13.6. The van der Waals surface area contributed by atoms with Crippen molar-refractivity contribution in [1.29, 1.82) is 0 Å². The largest absolute Gasteiger partial charge is 0.486 e. The standard InChI is InChI=1S/C17H17FN2O/c1-20-10-13(11-21-16-8-3-2-6-14(16)18)17-12(9-19)5-4-7-15(17)20/h2-8,10H,9,11,19H2,1H3. The predicted octanol–water partition coefficient (Wildman–Crippen LogP) is 3.36. The van der Waals surface area contributed by atoms with Crippen LogP contribution in [0.15, 0.2) is 48.7 Å². The van der Waals surface area contributed by atoms with E-state index in [9.17, 15) is 4.39 Å². The van der Waals surface area contributed by atoms with E-state index in [1.54, 1.807) is 18.2 Å². The van der Waals surface area contributed by atoms with E-state index in [2.05, 4.69) is 0 Å². The van der Waals surface area contributed by atoms with Gasteiger partial charge in [0.05, 0.1) is 0 Å². The fourth-order valence-electron chi connectivity index (χ4n) is 2.62. The van der Waals surface area contributed by atoms with Gasteiger partial charge in [-0.1, -0.05) is 24.3 Å². The molecule has 108 valence electrons. The molecule has 3 nitrogen and oxygen atoms in total. The molecular formula is C17H17FN2O. The van der Waals surface area contributed by atoms with Crippen LogP contribution in [0.3, 0.4) is 0 Å². The molecule has 3 rings (SSSR count). The number of ether oxygens (including phenoxy) is 1. The lowest BCUT2D eigenvalue weighted by molar-refractivity contribution is 0.291. The van der Waals surface area contributed by atoms with Gasteiger partial charge in [0.25, 0.3) is 0 Å². The quantitative estimate of drug-likeness (QED) is 0.798. The summed E-state index contributed by atoms with van der Waals surface area (Å²) in [5.41, 5.74) is 9.00. The number of benzene rings is 2. The fourth-order valence-corrected chi connectivity index (χ4v) is 2.62. The zero-order valence-corrected chi connectivity index (χ0v) is 11.8. The van der Waals surface area contributed by atoms with Crippen LogP contribution < -0.4 is 10.5 Å². The third-order valence-electron chi connectivity index (χ3n) is 3.62. The Morgan fingerprint density at radius 3 is 2.67 bits per heavy atom. The zero-order valence-electron chi connectivity index (χ0n) is 11.8. The second-order valence-electron chi connectivity index (χ2n) is 5.00. The molecule has 0 aliphatic rings. The zero-order chi connectivity index (χ0) is 14.8. The maximum absolute atomic E-state index is 13.6. The number of hydrogen-bond donors (Lipinski definition) is 1. The van der Waals surface area contributed by atoms with Gasteiger partial charge in [0, 0.05) is 36.3 Å². The summed E-state index contributed by atoms with van der Waals surface area (Å²) in [6.07, 6.45) is 2.00. The summed E-state index contributed by atoms with van der Waals surface area (Å²) in [6.45, 7) is 0.781. The molecule has 1 heterocycles. The molecular weight excluding hydrogens is 267 g/mol. The molecule has 0 atom stereocenters. The first-order valence-corrected chi connectivity index (χ1v) is 6.84. The van der Waals surface area contributed by atoms with E-state index in [1.807, 2.05) is 36.0 Å². The van der Waals surface area contributed by atoms with Crippen LogP contribution in [0, 0.1) is 5.82 Å². The van der Waals surface area contributed by atoms with Crippen molar-refractivity contribution < 1.29 is 9.13 Å². The van der Waals surface area contributed by atoms with Crippen molar-refractivity contribution in [3.63, 3.8) is 0 Å². The van der Waals surface area contributed by atoms with Gasteiger partial charge in [0.1, 0.15) is 6.61 Å². The van der Waals surface area contributed by atoms with Gasteiger partial charge in [0.2, 0.25) is 0 Å². The summed E-state index contributed by atoms with van der Waals surface area (Å²) in [4.78, 5) is 0. The molecule has 0 aliphatic carbocycles. The second kappa shape index (κ2) is 5.58. The summed E-state index contributed by atoms with van der Waals surface area (Å²) in [5.74, 6) is -0.0866. The highest BCUT2D eigenvalue weighted by molar-refractivity contribution is 5.87. The number of rotatable bonds is 4. The van der Waals surface area contributed by atoms with Gasteiger partial charge in [-0.25, -0.2) is 4.39 Å². The first-order valence-electron chi connectivity index (χ1n) is 6.84. The van der Waals surface area contributed by atoms with Crippen LogP contribution in [0.25, 0.3) is 10.9 Å². The van der Waals surface area contributed by atoms with Crippen LogP contribution in [-0.4, -0.2) is 4.57 Å². The number of hydrogen-bond acceptors (Lipinski definition) is 2. The molecule has 2 aromatic carbocycles. The van der Waals surface area contributed by atoms with Gasteiger partial charge in [-0.15, -0.1) is 0 Å². The van der Waals surface area contributed by atoms with Crippen LogP contribution in [0.1, 0.15) is 11.1 Å². The van der Waals surface area contributed by atoms with E-state index in [0.717, 1.165) is 22.0 Å². The summed E-state index contributed by atoms with van der Waals surface area (Å²) in [5, 5.41) is 1.10. The van der Waals surface area contributed by atoms with E-state index in [0.29, 0.717) is 13.2 Å². The van der Waals surface area contributed by atoms with E-state index < -0.39 is 0 Å². The first kappa shape index (κ1) is 13.6. The molecule has 0 amide bonds. The van der Waals surface area contributed by atoms with Crippen LogP contribution in [-0.2, 0) is 20.2 Å². The highest BCUT2D eigenvalue weighted by Crippen LogP contribution is 2.26. The number of halogens is 1. The normalized spacial score (nSPS) is 11.0. The van der Waals surface area contributed by atoms with Crippen molar-refractivity contribution in [3.05, 3.63) is 65.6 Å². The molecule has 3 aromatic rings. The van der Waals surface area contributed by atoms with E-state index >= 15 is 0 Å². The Kier molecular flexibility index (Phi) is 3.62.